The van der Waals surface area contributed by atoms with E-state index < -0.39 is 0 Å². The van der Waals surface area contributed by atoms with Crippen LogP contribution in [0.3, 0.4) is 0 Å². The number of piperidine rings is 1. The van der Waals surface area contributed by atoms with Crippen LogP contribution in [0.25, 0.3) is 0 Å². The van der Waals surface area contributed by atoms with E-state index in [0.717, 1.165) is 57.3 Å². The Balaban J connectivity index is 1.84. The van der Waals surface area contributed by atoms with Crippen molar-refractivity contribution in [2.24, 2.45) is 0 Å². The zero-order valence-electron chi connectivity index (χ0n) is 14.3. The molecule has 126 valence electrons. The Hall–Kier alpha value is -1.42. The highest BCUT2D eigenvalue weighted by Gasteiger charge is 2.50. The molecule has 0 radical (unpaired) electrons. The fraction of sp³-hybridized carbons (Fsp3) is 0.632. The van der Waals surface area contributed by atoms with Gasteiger partial charge in [0.1, 0.15) is 11.4 Å². The van der Waals surface area contributed by atoms with E-state index in [4.69, 9.17) is 0 Å². The summed E-state index contributed by atoms with van der Waals surface area (Å²) in [6, 6.07) is 5.27. The van der Waals surface area contributed by atoms with Crippen LogP contribution in [0.2, 0.25) is 0 Å². The standard InChI is InChI=1S/C19H27FN2O/c1-3-11-21-12-5-9-19(18(21)23)10-6-13-22(19)14-16-7-4-8-17(20)15(16)2/h4,7-8H,3,5-6,9-14H2,1-2H3. The van der Waals surface area contributed by atoms with Crippen molar-refractivity contribution >= 4 is 5.91 Å². The molecule has 1 amide bonds. The molecule has 0 N–H and O–H groups in total. The first-order valence-electron chi connectivity index (χ1n) is 8.87. The van der Waals surface area contributed by atoms with Gasteiger partial charge in [-0.3, -0.25) is 9.69 Å². The number of hydrogen-bond donors (Lipinski definition) is 0. The molecule has 0 aromatic heterocycles. The van der Waals surface area contributed by atoms with Crippen molar-refractivity contribution in [3.8, 4) is 0 Å². The highest BCUT2D eigenvalue weighted by Crippen LogP contribution is 2.39. The number of carbonyl (C=O) groups excluding carboxylic acids is 1. The summed E-state index contributed by atoms with van der Waals surface area (Å²) in [6.45, 7) is 7.31. The summed E-state index contributed by atoms with van der Waals surface area (Å²) < 4.78 is 13.8. The Labute approximate surface area is 138 Å². The summed E-state index contributed by atoms with van der Waals surface area (Å²) >= 11 is 0. The predicted molar refractivity (Wildman–Crippen MR) is 89.6 cm³/mol. The summed E-state index contributed by atoms with van der Waals surface area (Å²) in [4.78, 5) is 17.5. The highest BCUT2D eigenvalue weighted by atomic mass is 19.1. The number of nitrogens with zero attached hydrogens (tertiary/aromatic N) is 2. The number of carbonyl (C=O) groups is 1. The zero-order valence-corrected chi connectivity index (χ0v) is 14.3. The van der Waals surface area contributed by atoms with Crippen LogP contribution in [0.4, 0.5) is 4.39 Å². The minimum absolute atomic E-state index is 0.154. The summed E-state index contributed by atoms with van der Waals surface area (Å²) in [5.74, 6) is 0.149. The van der Waals surface area contributed by atoms with Gasteiger partial charge in [-0.2, -0.15) is 0 Å². The van der Waals surface area contributed by atoms with Gasteiger partial charge in [-0.15, -0.1) is 0 Å². The monoisotopic (exact) mass is 318 g/mol. The second-order valence-electron chi connectivity index (χ2n) is 6.98. The van der Waals surface area contributed by atoms with E-state index in [1.807, 2.05) is 17.9 Å². The number of halogens is 1. The molecule has 1 unspecified atom stereocenters. The van der Waals surface area contributed by atoms with Crippen molar-refractivity contribution in [1.29, 1.82) is 0 Å². The Morgan fingerprint density at radius 3 is 2.70 bits per heavy atom. The van der Waals surface area contributed by atoms with Crippen LogP contribution >= 0.6 is 0 Å². The topological polar surface area (TPSA) is 23.6 Å². The number of benzene rings is 1. The molecule has 2 aliphatic heterocycles. The molecule has 2 fully saturated rings. The second kappa shape index (κ2) is 6.60. The third-order valence-corrected chi connectivity index (χ3v) is 5.56. The minimum Gasteiger partial charge on any atom is -0.341 e. The quantitative estimate of drug-likeness (QED) is 0.848. The lowest BCUT2D eigenvalue weighted by atomic mass is 9.85. The Morgan fingerprint density at radius 2 is 1.96 bits per heavy atom. The molecule has 0 saturated carbocycles. The van der Waals surface area contributed by atoms with Crippen molar-refractivity contribution in [3.63, 3.8) is 0 Å². The largest absolute Gasteiger partial charge is 0.341 e. The van der Waals surface area contributed by atoms with Gasteiger partial charge in [0.15, 0.2) is 0 Å². The van der Waals surface area contributed by atoms with Crippen LogP contribution in [-0.2, 0) is 11.3 Å². The lowest BCUT2D eigenvalue weighted by Gasteiger charge is -2.45. The lowest BCUT2D eigenvalue weighted by molar-refractivity contribution is -0.147. The predicted octanol–water partition coefficient (Wildman–Crippen LogP) is 3.50. The SMILES string of the molecule is CCCN1CCCC2(CCCN2Cc2cccc(F)c2C)C1=O. The molecule has 3 nitrogen and oxygen atoms in total. The first-order chi connectivity index (χ1) is 11.1. The Kier molecular flexibility index (Phi) is 4.72. The van der Waals surface area contributed by atoms with Crippen LogP contribution in [-0.4, -0.2) is 40.9 Å². The summed E-state index contributed by atoms with van der Waals surface area (Å²) in [6.07, 6.45) is 5.02. The van der Waals surface area contributed by atoms with Gasteiger partial charge in [0.25, 0.3) is 0 Å². The van der Waals surface area contributed by atoms with Crippen LogP contribution in [0.5, 0.6) is 0 Å². The third kappa shape index (κ3) is 2.89. The molecule has 1 atom stereocenters. The molecule has 1 spiro atoms. The number of rotatable bonds is 4. The molecule has 2 heterocycles. The number of amides is 1. The summed E-state index contributed by atoms with van der Waals surface area (Å²) in [7, 11) is 0. The molecule has 0 bridgehead atoms. The highest BCUT2D eigenvalue weighted by molar-refractivity contribution is 5.87. The van der Waals surface area contributed by atoms with Gasteiger partial charge >= 0.3 is 0 Å². The average Bonchev–Trinajstić information content (AvgIpc) is 2.92. The summed E-state index contributed by atoms with van der Waals surface area (Å²) in [5, 5.41) is 0. The van der Waals surface area contributed by atoms with E-state index in [1.165, 1.54) is 6.07 Å². The minimum atomic E-state index is -0.341. The molecular formula is C19H27FN2O. The maximum absolute atomic E-state index is 13.8. The number of likely N-dealkylation sites (tertiary alicyclic amines) is 2. The second-order valence-corrected chi connectivity index (χ2v) is 6.98. The Morgan fingerprint density at radius 1 is 1.22 bits per heavy atom. The molecule has 1 aromatic carbocycles. The van der Waals surface area contributed by atoms with Crippen molar-refractivity contribution in [1.82, 2.24) is 9.80 Å². The van der Waals surface area contributed by atoms with Crippen LogP contribution in [0.1, 0.15) is 50.2 Å². The van der Waals surface area contributed by atoms with Crippen molar-refractivity contribution in [2.75, 3.05) is 19.6 Å². The normalized spacial score (nSPS) is 25.5. The molecule has 4 heteroatoms. The maximum Gasteiger partial charge on any atom is 0.243 e. The van der Waals surface area contributed by atoms with Gasteiger partial charge in [-0.05, 0) is 62.8 Å². The first-order valence-corrected chi connectivity index (χ1v) is 8.87. The molecule has 2 saturated heterocycles. The van der Waals surface area contributed by atoms with Crippen LogP contribution in [0.15, 0.2) is 18.2 Å². The van der Waals surface area contributed by atoms with Gasteiger partial charge in [-0.25, -0.2) is 4.39 Å². The molecule has 1 aromatic rings. The third-order valence-electron chi connectivity index (χ3n) is 5.56. The average molecular weight is 318 g/mol. The van der Waals surface area contributed by atoms with Gasteiger partial charge < -0.3 is 4.90 Å². The van der Waals surface area contributed by atoms with E-state index in [-0.39, 0.29) is 11.4 Å². The van der Waals surface area contributed by atoms with Crippen molar-refractivity contribution in [3.05, 3.63) is 35.1 Å². The lowest BCUT2D eigenvalue weighted by Crippen LogP contribution is -2.59. The molecule has 3 rings (SSSR count). The molecule has 0 aliphatic carbocycles. The van der Waals surface area contributed by atoms with E-state index in [0.29, 0.717) is 18.0 Å². The number of hydrogen-bond acceptors (Lipinski definition) is 2. The maximum atomic E-state index is 13.8. The van der Waals surface area contributed by atoms with Crippen LogP contribution < -0.4 is 0 Å². The van der Waals surface area contributed by atoms with E-state index in [1.54, 1.807) is 6.07 Å². The molecule has 2 aliphatic rings. The van der Waals surface area contributed by atoms with Crippen molar-refractivity contribution < 1.29 is 9.18 Å². The van der Waals surface area contributed by atoms with Crippen LogP contribution in [0, 0.1) is 12.7 Å². The first kappa shape index (κ1) is 16.4. The van der Waals surface area contributed by atoms with Gasteiger partial charge in [0.05, 0.1) is 0 Å². The van der Waals surface area contributed by atoms with Gasteiger partial charge in [-0.1, -0.05) is 19.1 Å². The molecule has 23 heavy (non-hydrogen) atoms. The molecular weight excluding hydrogens is 291 g/mol. The van der Waals surface area contributed by atoms with Crippen molar-refractivity contribution in [2.45, 2.75) is 58.0 Å². The van der Waals surface area contributed by atoms with E-state index in [9.17, 15) is 9.18 Å². The fourth-order valence-electron chi connectivity index (χ4n) is 4.27. The van der Waals surface area contributed by atoms with E-state index >= 15 is 0 Å². The van der Waals surface area contributed by atoms with Gasteiger partial charge in [0.2, 0.25) is 5.91 Å². The van der Waals surface area contributed by atoms with E-state index in [2.05, 4.69) is 11.8 Å². The Bertz CT molecular complexity index is 587. The summed E-state index contributed by atoms with van der Waals surface area (Å²) in [5.41, 5.74) is 1.38. The fourth-order valence-corrected chi connectivity index (χ4v) is 4.27. The smallest absolute Gasteiger partial charge is 0.243 e. The zero-order chi connectivity index (χ0) is 16.4. The van der Waals surface area contributed by atoms with Gasteiger partial charge in [0, 0.05) is 19.6 Å².